The molecule has 2 aliphatic rings. The second-order valence-corrected chi connectivity index (χ2v) is 8.80. The summed E-state index contributed by atoms with van der Waals surface area (Å²) in [4.78, 5) is 31.9. The van der Waals surface area contributed by atoms with Gasteiger partial charge in [-0.3, -0.25) is 9.69 Å². The maximum Gasteiger partial charge on any atom is 0.317 e. The smallest absolute Gasteiger partial charge is 0.317 e. The van der Waals surface area contributed by atoms with Crippen LogP contribution in [0.4, 0.5) is 4.79 Å². The lowest BCUT2D eigenvalue weighted by Gasteiger charge is -2.34. The first-order valence-electron chi connectivity index (χ1n) is 11.8. The normalized spacial score (nSPS) is 18.6. The number of urea groups is 1. The predicted molar refractivity (Wildman–Crippen MR) is 125 cm³/mol. The summed E-state index contributed by atoms with van der Waals surface area (Å²) < 4.78 is 11.4. The molecule has 0 bridgehead atoms. The van der Waals surface area contributed by atoms with E-state index in [1.54, 1.807) is 0 Å². The van der Waals surface area contributed by atoms with Crippen molar-refractivity contribution in [3.63, 3.8) is 0 Å². The van der Waals surface area contributed by atoms with Gasteiger partial charge in [-0.15, -0.1) is 0 Å². The standard InChI is InChI=1S/C25H34N4O4/c1-19-5-3-6-21(17-19)24(30)28-9-4-10-29(12-11-28)25(31)26-18-22(23-8-7-20(2)33-23)27-13-15-32-16-14-27/h3,5-8,17,22H,4,9-16,18H2,1-2H3,(H,26,31). The van der Waals surface area contributed by atoms with Crippen LogP contribution in [0.2, 0.25) is 0 Å². The summed E-state index contributed by atoms with van der Waals surface area (Å²) in [6, 6.07) is 11.5. The minimum absolute atomic E-state index is 0.0292. The van der Waals surface area contributed by atoms with E-state index in [9.17, 15) is 9.59 Å². The molecule has 2 aromatic rings. The van der Waals surface area contributed by atoms with Gasteiger partial charge >= 0.3 is 6.03 Å². The van der Waals surface area contributed by atoms with Gasteiger partial charge in [-0.05, 0) is 44.5 Å². The van der Waals surface area contributed by atoms with Crippen LogP contribution < -0.4 is 5.32 Å². The first-order chi connectivity index (χ1) is 16.0. The Kier molecular flexibility index (Phi) is 7.67. The van der Waals surface area contributed by atoms with Gasteiger partial charge in [0.15, 0.2) is 0 Å². The summed E-state index contributed by atoms with van der Waals surface area (Å²) in [5.41, 5.74) is 1.77. The molecule has 0 saturated carbocycles. The summed E-state index contributed by atoms with van der Waals surface area (Å²) in [5.74, 6) is 1.75. The zero-order valence-electron chi connectivity index (χ0n) is 19.6. The fourth-order valence-corrected chi connectivity index (χ4v) is 4.51. The Balaban J connectivity index is 1.34. The molecule has 8 heteroatoms. The minimum Gasteiger partial charge on any atom is -0.465 e. The van der Waals surface area contributed by atoms with Gasteiger partial charge in [0.25, 0.3) is 5.91 Å². The highest BCUT2D eigenvalue weighted by Gasteiger charge is 2.27. The minimum atomic E-state index is -0.0959. The molecular formula is C25H34N4O4. The predicted octanol–water partition coefficient (Wildman–Crippen LogP) is 2.83. The first kappa shape index (κ1) is 23.3. The molecule has 1 atom stereocenters. The quantitative estimate of drug-likeness (QED) is 0.752. The molecule has 1 N–H and O–H groups in total. The average molecular weight is 455 g/mol. The van der Waals surface area contributed by atoms with Crippen molar-refractivity contribution in [2.75, 3.05) is 59.0 Å². The van der Waals surface area contributed by atoms with Gasteiger partial charge < -0.3 is 24.3 Å². The first-order valence-corrected chi connectivity index (χ1v) is 11.8. The molecule has 3 amide bonds. The number of hydrogen-bond acceptors (Lipinski definition) is 5. The van der Waals surface area contributed by atoms with Gasteiger partial charge in [0, 0.05) is 51.4 Å². The number of ether oxygens (including phenoxy) is 1. The second kappa shape index (κ2) is 10.9. The number of aryl methyl sites for hydroxylation is 2. The van der Waals surface area contributed by atoms with Gasteiger partial charge in [0.1, 0.15) is 11.5 Å². The number of amides is 3. The van der Waals surface area contributed by atoms with E-state index in [2.05, 4.69) is 10.2 Å². The highest BCUT2D eigenvalue weighted by atomic mass is 16.5. The van der Waals surface area contributed by atoms with Crippen molar-refractivity contribution in [2.45, 2.75) is 26.3 Å². The number of morpholine rings is 1. The van der Waals surface area contributed by atoms with Gasteiger partial charge in [-0.25, -0.2) is 4.79 Å². The zero-order valence-corrected chi connectivity index (χ0v) is 19.6. The van der Waals surface area contributed by atoms with Crippen molar-refractivity contribution in [3.8, 4) is 0 Å². The molecule has 2 fully saturated rings. The van der Waals surface area contributed by atoms with Gasteiger partial charge in [0.05, 0.1) is 19.3 Å². The van der Waals surface area contributed by atoms with Crippen molar-refractivity contribution in [1.82, 2.24) is 20.0 Å². The topological polar surface area (TPSA) is 78.3 Å². The summed E-state index contributed by atoms with van der Waals surface area (Å²) in [7, 11) is 0. The number of nitrogens with zero attached hydrogens (tertiary/aromatic N) is 3. The number of benzene rings is 1. The molecule has 3 heterocycles. The molecule has 2 aliphatic heterocycles. The Hall–Kier alpha value is -2.84. The molecule has 4 rings (SSSR count). The zero-order chi connectivity index (χ0) is 23.2. The maximum atomic E-state index is 13.0. The van der Waals surface area contributed by atoms with E-state index in [1.807, 2.05) is 60.0 Å². The van der Waals surface area contributed by atoms with Gasteiger partial charge in [-0.2, -0.15) is 0 Å². The van der Waals surface area contributed by atoms with Crippen LogP contribution in [0.15, 0.2) is 40.8 Å². The fourth-order valence-electron chi connectivity index (χ4n) is 4.51. The Bertz CT molecular complexity index is 953. The summed E-state index contributed by atoms with van der Waals surface area (Å²) in [6.45, 7) is 9.69. The van der Waals surface area contributed by atoms with Crippen LogP contribution >= 0.6 is 0 Å². The number of carbonyl (C=O) groups is 2. The lowest BCUT2D eigenvalue weighted by molar-refractivity contribution is 0.0119. The van der Waals surface area contributed by atoms with Crippen molar-refractivity contribution in [1.29, 1.82) is 0 Å². The highest BCUT2D eigenvalue weighted by molar-refractivity contribution is 5.94. The molecule has 2 saturated heterocycles. The third-order valence-corrected chi connectivity index (χ3v) is 6.36. The monoisotopic (exact) mass is 454 g/mol. The summed E-state index contributed by atoms with van der Waals surface area (Å²) in [5, 5.41) is 3.11. The summed E-state index contributed by atoms with van der Waals surface area (Å²) >= 11 is 0. The third kappa shape index (κ3) is 5.94. The molecule has 0 radical (unpaired) electrons. The lowest BCUT2D eigenvalue weighted by Crippen LogP contribution is -2.47. The molecular weight excluding hydrogens is 420 g/mol. The Morgan fingerprint density at radius 3 is 2.45 bits per heavy atom. The van der Waals surface area contributed by atoms with E-state index < -0.39 is 0 Å². The Morgan fingerprint density at radius 1 is 0.970 bits per heavy atom. The van der Waals surface area contributed by atoms with Crippen molar-refractivity contribution < 1.29 is 18.7 Å². The third-order valence-electron chi connectivity index (χ3n) is 6.36. The number of rotatable bonds is 5. The van der Waals surface area contributed by atoms with E-state index in [4.69, 9.17) is 9.15 Å². The summed E-state index contributed by atoms with van der Waals surface area (Å²) in [6.07, 6.45) is 0.759. The number of hydrogen-bond donors (Lipinski definition) is 1. The van der Waals surface area contributed by atoms with E-state index in [1.165, 1.54) is 0 Å². The van der Waals surface area contributed by atoms with Crippen LogP contribution in [0.25, 0.3) is 0 Å². The Labute approximate surface area is 195 Å². The Morgan fingerprint density at radius 2 is 1.73 bits per heavy atom. The highest BCUT2D eigenvalue weighted by Crippen LogP contribution is 2.23. The van der Waals surface area contributed by atoms with Gasteiger partial charge in [0.2, 0.25) is 0 Å². The van der Waals surface area contributed by atoms with Crippen molar-refractivity contribution >= 4 is 11.9 Å². The maximum absolute atomic E-state index is 13.0. The van der Waals surface area contributed by atoms with Crippen molar-refractivity contribution in [3.05, 3.63) is 59.0 Å². The lowest BCUT2D eigenvalue weighted by atomic mass is 10.1. The molecule has 178 valence electrons. The molecule has 1 aromatic heterocycles. The van der Waals surface area contributed by atoms with Crippen LogP contribution in [0.1, 0.15) is 39.9 Å². The molecule has 0 spiro atoms. The van der Waals surface area contributed by atoms with E-state index >= 15 is 0 Å². The van der Waals surface area contributed by atoms with Crippen LogP contribution in [-0.2, 0) is 4.74 Å². The number of furan rings is 1. The molecule has 0 aliphatic carbocycles. The van der Waals surface area contributed by atoms with Gasteiger partial charge in [-0.1, -0.05) is 17.7 Å². The SMILES string of the molecule is Cc1cccc(C(=O)N2CCCN(C(=O)NCC(c3ccc(C)o3)N3CCOCC3)CC2)c1. The van der Waals surface area contributed by atoms with E-state index in [0.29, 0.717) is 51.5 Å². The number of carbonyl (C=O) groups excluding carboxylic acids is 2. The largest absolute Gasteiger partial charge is 0.465 e. The van der Waals surface area contributed by atoms with Crippen LogP contribution in [0, 0.1) is 13.8 Å². The molecule has 8 nitrogen and oxygen atoms in total. The van der Waals surface area contributed by atoms with E-state index in [0.717, 1.165) is 36.6 Å². The van der Waals surface area contributed by atoms with Crippen molar-refractivity contribution in [2.24, 2.45) is 0 Å². The molecule has 33 heavy (non-hydrogen) atoms. The second-order valence-electron chi connectivity index (χ2n) is 8.80. The van der Waals surface area contributed by atoms with Crippen LogP contribution in [0.3, 0.4) is 0 Å². The fraction of sp³-hybridized carbons (Fsp3) is 0.520. The number of nitrogens with one attached hydrogen (secondary N) is 1. The van der Waals surface area contributed by atoms with Crippen LogP contribution in [-0.4, -0.2) is 85.7 Å². The average Bonchev–Trinajstić information content (AvgIpc) is 3.10. The molecule has 1 unspecified atom stereocenters. The molecule has 1 aromatic carbocycles. The van der Waals surface area contributed by atoms with Crippen LogP contribution in [0.5, 0.6) is 0 Å². The van der Waals surface area contributed by atoms with E-state index in [-0.39, 0.29) is 18.0 Å².